The van der Waals surface area contributed by atoms with Crippen LogP contribution in [0.4, 0.5) is 0 Å². The van der Waals surface area contributed by atoms with Gasteiger partial charge in [0.25, 0.3) is 0 Å². The van der Waals surface area contributed by atoms with Crippen molar-refractivity contribution >= 4 is 18.3 Å². The van der Waals surface area contributed by atoms with Crippen molar-refractivity contribution in [2.75, 3.05) is 66.6 Å². The van der Waals surface area contributed by atoms with Crippen molar-refractivity contribution in [1.82, 2.24) is 14.7 Å². The summed E-state index contributed by atoms with van der Waals surface area (Å²) in [5.41, 5.74) is 2.69. The zero-order valence-corrected chi connectivity index (χ0v) is 21.5. The first-order valence-corrected chi connectivity index (χ1v) is 11.5. The van der Waals surface area contributed by atoms with Gasteiger partial charge in [-0.15, -0.1) is 0 Å². The number of carboxylic acid groups (broad SMARTS) is 1. The molecule has 0 bridgehead atoms. The number of aliphatic carboxylic acids is 1. The molecule has 10 nitrogen and oxygen atoms in total. The third kappa shape index (κ3) is 15.0. The van der Waals surface area contributed by atoms with Crippen LogP contribution in [0.15, 0.2) is 24.3 Å². The van der Waals surface area contributed by atoms with Gasteiger partial charge in [0.2, 0.25) is 0 Å². The highest BCUT2D eigenvalue weighted by Gasteiger charge is 2.24. The largest absolute Gasteiger partial charge is 0.480 e. The Morgan fingerprint density at radius 2 is 1.46 bits per heavy atom. The molecule has 0 radical (unpaired) electrons. The van der Waals surface area contributed by atoms with Crippen LogP contribution in [0.1, 0.15) is 31.9 Å². The molecular weight excluding hydrogens is 454 g/mol. The van der Waals surface area contributed by atoms with E-state index in [2.05, 4.69) is 73.8 Å². The van der Waals surface area contributed by atoms with E-state index in [1.54, 1.807) is 0 Å². The Hall–Kier alpha value is -2.71. The molecule has 1 aromatic carbocycles. The molecule has 2 rings (SSSR count). The van der Waals surface area contributed by atoms with Crippen LogP contribution in [0.5, 0.6) is 0 Å². The van der Waals surface area contributed by atoms with Gasteiger partial charge in [-0.05, 0) is 37.1 Å². The van der Waals surface area contributed by atoms with E-state index in [1.165, 1.54) is 11.1 Å². The summed E-state index contributed by atoms with van der Waals surface area (Å²) < 4.78 is 5.78. The Morgan fingerprint density at radius 1 is 0.943 bits per heavy atom. The first kappa shape index (κ1) is 32.3. The molecule has 0 saturated carbocycles. The summed E-state index contributed by atoms with van der Waals surface area (Å²) in [4.78, 5) is 50.7. The minimum Gasteiger partial charge on any atom is -0.480 e. The van der Waals surface area contributed by atoms with Crippen LogP contribution in [-0.2, 0) is 40.5 Å². The fourth-order valence-electron chi connectivity index (χ4n) is 3.70. The van der Waals surface area contributed by atoms with E-state index >= 15 is 0 Å². The number of hydrogen-bond acceptors (Lipinski definition) is 9. The van der Waals surface area contributed by atoms with E-state index in [1.807, 2.05) is 0 Å². The molecule has 1 fully saturated rings. The van der Waals surface area contributed by atoms with Gasteiger partial charge < -0.3 is 19.6 Å². The van der Waals surface area contributed by atoms with Gasteiger partial charge in [-0.25, -0.2) is 0 Å². The Labute approximate surface area is 207 Å². The molecule has 1 aliphatic rings. The molecule has 1 atom stereocenters. The minimum atomic E-state index is -0.785. The van der Waals surface area contributed by atoms with Gasteiger partial charge in [-0.3, -0.25) is 9.69 Å². The molecular formula is C25H39N3O7. The van der Waals surface area contributed by atoms with Crippen LogP contribution in [-0.4, -0.2) is 111 Å². The van der Waals surface area contributed by atoms with Crippen LogP contribution in [0.25, 0.3) is 0 Å². The third-order valence-corrected chi connectivity index (χ3v) is 5.67. The highest BCUT2D eigenvalue weighted by Crippen LogP contribution is 2.23. The van der Waals surface area contributed by atoms with Crippen LogP contribution in [0.3, 0.4) is 0 Å². The van der Waals surface area contributed by atoms with E-state index in [-0.39, 0.29) is 30.3 Å². The Morgan fingerprint density at radius 3 is 1.97 bits per heavy atom. The van der Waals surface area contributed by atoms with Crippen molar-refractivity contribution in [3.05, 3.63) is 35.4 Å². The molecule has 1 saturated heterocycles. The van der Waals surface area contributed by atoms with Crippen molar-refractivity contribution in [3.63, 3.8) is 0 Å². The number of benzene rings is 1. The van der Waals surface area contributed by atoms with Crippen molar-refractivity contribution < 1.29 is 33.8 Å². The van der Waals surface area contributed by atoms with E-state index < -0.39 is 5.97 Å². The zero-order chi connectivity index (χ0) is 26.9. The summed E-state index contributed by atoms with van der Waals surface area (Å²) in [5.74, 6) is -0.785. The first-order chi connectivity index (χ1) is 16.5. The smallest absolute Gasteiger partial charge is 0.373 e. The summed E-state index contributed by atoms with van der Waals surface area (Å²) >= 11 is 0. The topological polar surface area (TPSA) is 125 Å². The number of carbonyl (C=O) groups is 1. The highest BCUT2D eigenvalue weighted by atomic mass is 16.5. The standard InChI is InChI=1S/C23H39N3O3.2CO2/c1-23(2,3)20-8-6-19(7-9-20)16-21-17-25(5)11-10-24(4)12-14-29-15-13-26(21)18-22(27)28;2*2-1-3/h6-9,21H,10-18H2,1-5H3,(H,27,28);;/t21-;;/m0../s1. The van der Waals surface area contributed by atoms with Crippen LogP contribution < -0.4 is 0 Å². The molecule has 0 unspecified atom stereocenters. The fraction of sp³-hybridized carbons (Fsp3) is 0.640. The number of ether oxygens (including phenoxy) is 1. The van der Waals surface area contributed by atoms with Crippen molar-refractivity contribution in [1.29, 1.82) is 0 Å². The Kier molecular flexibility index (Phi) is 16.3. The number of rotatable bonds is 4. The summed E-state index contributed by atoms with van der Waals surface area (Å²) in [6, 6.07) is 8.92. The normalized spacial score (nSPS) is 18.7. The second-order valence-electron chi connectivity index (χ2n) is 9.51. The predicted octanol–water partition coefficient (Wildman–Crippen LogP) is 1.01. The van der Waals surface area contributed by atoms with Gasteiger partial charge in [-0.2, -0.15) is 19.2 Å². The predicted molar refractivity (Wildman–Crippen MR) is 128 cm³/mol. The minimum absolute atomic E-state index is 0.0435. The summed E-state index contributed by atoms with van der Waals surface area (Å²) in [7, 11) is 4.25. The fourth-order valence-corrected chi connectivity index (χ4v) is 3.70. The molecule has 1 aliphatic heterocycles. The monoisotopic (exact) mass is 493 g/mol. The van der Waals surface area contributed by atoms with E-state index in [4.69, 9.17) is 23.9 Å². The molecule has 1 aromatic rings. The number of hydrogen-bond donors (Lipinski definition) is 1. The van der Waals surface area contributed by atoms with Crippen molar-refractivity contribution in [2.24, 2.45) is 0 Å². The number of carbonyl (C=O) groups excluding carboxylic acids is 4. The van der Waals surface area contributed by atoms with E-state index in [0.717, 1.165) is 32.6 Å². The lowest BCUT2D eigenvalue weighted by atomic mass is 9.86. The second-order valence-corrected chi connectivity index (χ2v) is 9.51. The average Bonchev–Trinajstić information content (AvgIpc) is 2.76. The maximum absolute atomic E-state index is 11.5. The maximum Gasteiger partial charge on any atom is 0.373 e. The maximum atomic E-state index is 11.5. The van der Waals surface area contributed by atoms with Gasteiger partial charge in [0.15, 0.2) is 0 Å². The quantitative estimate of drug-likeness (QED) is 0.650. The van der Waals surface area contributed by atoms with E-state index in [0.29, 0.717) is 19.8 Å². The molecule has 0 aliphatic carbocycles. The first-order valence-electron chi connectivity index (χ1n) is 11.5. The Balaban J connectivity index is 0.00000174. The highest BCUT2D eigenvalue weighted by molar-refractivity contribution is 5.69. The van der Waals surface area contributed by atoms with Crippen LogP contribution in [0.2, 0.25) is 0 Å². The van der Waals surface area contributed by atoms with E-state index in [9.17, 15) is 9.90 Å². The van der Waals surface area contributed by atoms with Gasteiger partial charge in [0.05, 0.1) is 19.8 Å². The lowest BCUT2D eigenvalue weighted by Crippen LogP contribution is -2.49. The van der Waals surface area contributed by atoms with Crippen molar-refractivity contribution in [2.45, 2.75) is 38.6 Å². The second kappa shape index (κ2) is 17.7. The molecule has 0 spiro atoms. The zero-order valence-electron chi connectivity index (χ0n) is 21.5. The van der Waals surface area contributed by atoms with Gasteiger partial charge in [-0.1, -0.05) is 45.0 Å². The molecule has 0 aromatic heterocycles. The van der Waals surface area contributed by atoms with Crippen LogP contribution in [0, 0.1) is 0 Å². The number of likely N-dealkylation sites (N-methyl/N-ethyl adjacent to an activating group) is 2. The van der Waals surface area contributed by atoms with Crippen LogP contribution >= 0.6 is 0 Å². The molecule has 35 heavy (non-hydrogen) atoms. The number of nitrogens with zero attached hydrogens (tertiary/aromatic N) is 3. The molecule has 1 N–H and O–H groups in total. The lowest BCUT2D eigenvalue weighted by Gasteiger charge is -2.35. The van der Waals surface area contributed by atoms with Crippen molar-refractivity contribution in [3.8, 4) is 0 Å². The molecule has 196 valence electrons. The lowest BCUT2D eigenvalue weighted by molar-refractivity contribution is -0.193. The summed E-state index contributed by atoms with van der Waals surface area (Å²) in [5, 5.41) is 9.46. The average molecular weight is 494 g/mol. The molecule has 0 amide bonds. The third-order valence-electron chi connectivity index (χ3n) is 5.67. The molecule has 10 heteroatoms. The Bertz CT molecular complexity index is 784. The molecule has 1 heterocycles. The van der Waals surface area contributed by atoms with Gasteiger partial charge >= 0.3 is 18.3 Å². The summed E-state index contributed by atoms with van der Waals surface area (Å²) in [6.07, 6.45) is 1.33. The SMILES string of the molecule is CN1CCOCCN(CC(=O)O)[C@@H](Cc2ccc(C(C)(C)C)cc2)CN(C)CC1.O=C=O.O=C=O. The van der Waals surface area contributed by atoms with Gasteiger partial charge in [0.1, 0.15) is 0 Å². The van der Waals surface area contributed by atoms with Gasteiger partial charge in [0, 0.05) is 38.8 Å². The summed E-state index contributed by atoms with van der Waals surface area (Å²) in [6.45, 7) is 12.2. The number of carboxylic acids is 1.